The summed E-state index contributed by atoms with van der Waals surface area (Å²) in [6.07, 6.45) is 0.407. The van der Waals surface area contributed by atoms with E-state index >= 15 is 0 Å². The van der Waals surface area contributed by atoms with Crippen LogP contribution in [0, 0.1) is 5.41 Å². The van der Waals surface area contributed by atoms with Gasteiger partial charge in [-0.1, -0.05) is 6.92 Å². The number of carbonyl (C=O) groups excluding carboxylic acids is 2. The van der Waals surface area contributed by atoms with Gasteiger partial charge in [-0.3, -0.25) is 9.59 Å². The summed E-state index contributed by atoms with van der Waals surface area (Å²) in [6.45, 7) is 5.43. The highest BCUT2D eigenvalue weighted by atomic mass is 16.4. The van der Waals surface area contributed by atoms with Crippen LogP contribution < -0.4 is 10.6 Å². The first kappa shape index (κ1) is 17.2. The smallest absolute Gasteiger partial charge is 0.317 e. The van der Waals surface area contributed by atoms with Gasteiger partial charge in [-0.2, -0.15) is 0 Å². The minimum Gasteiger partial charge on any atom is -0.481 e. The lowest BCUT2D eigenvalue weighted by atomic mass is 9.88. The molecule has 1 unspecified atom stereocenters. The van der Waals surface area contributed by atoms with Gasteiger partial charge in [0.1, 0.15) is 6.54 Å². The molecule has 0 aliphatic heterocycles. The Morgan fingerprint density at radius 2 is 1.84 bits per heavy atom. The molecule has 0 aliphatic carbocycles. The molecule has 0 heterocycles. The molecule has 0 rings (SSSR count). The Labute approximate surface area is 113 Å². The lowest BCUT2D eigenvalue weighted by molar-refractivity contribution is -0.147. The molecule has 3 amide bonds. The van der Waals surface area contributed by atoms with Gasteiger partial charge in [-0.15, -0.1) is 0 Å². The first-order chi connectivity index (χ1) is 8.80. The molecule has 1 atom stereocenters. The van der Waals surface area contributed by atoms with Crippen molar-refractivity contribution in [3.05, 3.63) is 0 Å². The van der Waals surface area contributed by atoms with Crippen molar-refractivity contribution in [2.24, 2.45) is 5.41 Å². The van der Waals surface area contributed by atoms with E-state index in [1.807, 2.05) is 0 Å². The number of rotatable bonds is 7. The zero-order chi connectivity index (χ0) is 15.1. The van der Waals surface area contributed by atoms with Crippen molar-refractivity contribution >= 4 is 17.9 Å². The summed E-state index contributed by atoms with van der Waals surface area (Å²) in [5.41, 5.74) is -0.998. The first-order valence-electron chi connectivity index (χ1n) is 6.27. The highest BCUT2D eigenvalue weighted by Gasteiger charge is 2.32. The fraction of sp³-hybridized carbons (Fsp3) is 0.750. The standard InChI is InChI=1S/C12H23N3O4/c1-5-12(3,10(17)18)8-14-11(19)15(6-2)7-9(16)13-4/h5-8H2,1-4H3,(H,13,16)(H,14,19)(H,17,18). The van der Waals surface area contributed by atoms with Gasteiger partial charge < -0.3 is 20.6 Å². The van der Waals surface area contributed by atoms with Crippen molar-refractivity contribution in [1.29, 1.82) is 0 Å². The third-order valence-corrected chi connectivity index (χ3v) is 3.21. The molecule has 0 aliphatic rings. The second-order valence-corrected chi connectivity index (χ2v) is 4.57. The number of nitrogens with zero attached hydrogens (tertiary/aromatic N) is 1. The number of carboxylic acid groups (broad SMARTS) is 1. The molecule has 19 heavy (non-hydrogen) atoms. The Hall–Kier alpha value is -1.79. The summed E-state index contributed by atoms with van der Waals surface area (Å²) in [5.74, 6) is -1.22. The number of hydrogen-bond donors (Lipinski definition) is 3. The molecule has 0 saturated heterocycles. The van der Waals surface area contributed by atoms with Gasteiger partial charge in [0.15, 0.2) is 0 Å². The molecule has 3 N–H and O–H groups in total. The average Bonchev–Trinajstić information content (AvgIpc) is 2.40. The number of nitrogens with one attached hydrogen (secondary N) is 2. The number of likely N-dealkylation sites (N-methyl/N-ethyl adjacent to an activating group) is 2. The quantitative estimate of drug-likeness (QED) is 0.620. The summed E-state index contributed by atoms with van der Waals surface area (Å²) >= 11 is 0. The van der Waals surface area contributed by atoms with Crippen LogP contribution in [-0.2, 0) is 9.59 Å². The van der Waals surface area contributed by atoms with Crippen LogP contribution in [0.15, 0.2) is 0 Å². The summed E-state index contributed by atoms with van der Waals surface area (Å²) in [4.78, 5) is 35.5. The number of carboxylic acids is 1. The molecular formula is C12H23N3O4. The van der Waals surface area contributed by atoms with Crippen molar-refractivity contribution in [3.63, 3.8) is 0 Å². The molecule has 0 saturated carbocycles. The maximum atomic E-state index is 11.9. The van der Waals surface area contributed by atoms with E-state index in [1.165, 1.54) is 11.9 Å². The molecule has 0 aromatic heterocycles. The fourth-order valence-corrected chi connectivity index (χ4v) is 1.31. The maximum Gasteiger partial charge on any atom is 0.317 e. The van der Waals surface area contributed by atoms with E-state index in [9.17, 15) is 14.4 Å². The number of hydrogen-bond acceptors (Lipinski definition) is 3. The predicted molar refractivity (Wildman–Crippen MR) is 70.7 cm³/mol. The van der Waals surface area contributed by atoms with Crippen LogP contribution in [0.25, 0.3) is 0 Å². The van der Waals surface area contributed by atoms with E-state index in [-0.39, 0.29) is 19.0 Å². The third kappa shape index (κ3) is 5.15. The third-order valence-electron chi connectivity index (χ3n) is 3.21. The molecule has 0 radical (unpaired) electrons. The van der Waals surface area contributed by atoms with Gasteiger partial charge in [0.05, 0.1) is 5.41 Å². The molecule has 0 spiro atoms. The number of amides is 3. The fourth-order valence-electron chi connectivity index (χ4n) is 1.31. The minimum atomic E-state index is -0.998. The molecular weight excluding hydrogens is 250 g/mol. The predicted octanol–water partition coefficient (Wildman–Crippen LogP) is 0.265. The zero-order valence-corrected chi connectivity index (χ0v) is 11.9. The Kier molecular flexibility index (Phi) is 6.89. The second-order valence-electron chi connectivity index (χ2n) is 4.57. The van der Waals surface area contributed by atoms with E-state index in [1.54, 1.807) is 20.8 Å². The Morgan fingerprint density at radius 3 is 2.21 bits per heavy atom. The van der Waals surface area contributed by atoms with Crippen LogP contribution in [0.5, 0.6) is 0 Å². The molecule has 7 nitrogen and oxygen atoms in total. The Morgan fingerprint density at radius 1 is 1.26 bits per heavy atom. The van der Waals surface area contributed by atoms with Gasteiger partial charge in [0.2, 0.25) is 5.91 Å². The molecule has 7 heteroatoms. The van der Waals surface area contributed by atoms with E-state index in [0.29, 0.717) is 13.0 Å². The first-order valence-corrected chi connectivity index (χ1v) is 6.27. The molecule has 0 fully saturated rings. The van der Waals surface area contributed by atoms with Crippen molar-refractivity contribution in [1.82, 2.24) is 15.5 Å². The van der Waals surface area contributed by atoms with E-state index in [0.717, 1.165) is 0 Å². The summed E-state index contributed by atoms with van der Waals surface area (Å²) in [6, 6.07) is -0.438. The number of urea groups is 1. The SMILES string of the molecule is CCN(CC(=O)NC)C(=O)NCC(C)(CC)C(=O)O. The van der Waals surface area contributed by atoms with Crippen LogP contribution in [0.2, 0.25) is 0 Å². The Bertz CT molecular complexity index is 346. The highest BCUT2D eigenvalue weighted by molar-refractivity contribution is 5.84. The van der Waals surface area contributed by atoms with Crippen LogP contribution in [0.1, 0.15) is 27.2 Å². The second kappa shape index (κ2) is 7.60. The van der Waals surface area contributed by atoms with E-state index < -0.39 is 17.4 Å². The van der Waals surface area contributed by atoms with Crippen LogP contribution in [0.4, 0.5) is 4.79 Å². The monoisotopic (exact) mass is 273 g/mol. The van der Waals surface area contributed by atoms with Crippen LogP contribution in [0.3, 0.4) is 0 Å². The van der Waals surface area contributed by atoms with Gasteiger partial charge in [-0.05, 0) is 20.3 Å². The highest BCUT2D eigenvalue weighted by Crippen LogP contribution is 2.19. The summed E-state index contributed by atoms with van der Waals surface area (Å²) in [5, 5.41) is 14.1. The van der Waals surface area contributed by atoms with Gasteiger partial charge >= 0.3 is 12.0 Å². The zero-order valence-electron chi connectivity index (χ0n) is 11.9. The largest absolute Gasteiger partial charge is 0.481 e. The lowest BCUT2D eigenvalue weighted by Crippen LogP contribution is -2.48. The van der Waals surface area contributed by atoms with Crippen molar-refractivity contribution in [2.75, 3.05) is 26.7 Å². The van der Waals surface area contributed by atoms with Crippen molar-refractivity contribution in [2.45, 2.75) is 27.2 Å². The topological polar surface area (TPSA) is 98.7 Å². The molecule has 0 bridgehead atoms. The van der Waals surface area contributed by atoms with Crippen molar-refractivity contribution in [3.8, 4) is 0 Å². The van der Waals surface area contributed by atoms with Crippen LogP contribution in [-0.4, -0.2) is 54.6 Å². The minimum absolute atomic E-state index is 0.0297. The molecule has 0 aromatic rings. The number of carbonyl (C=O) groups is 3. The maximum absolute atomic E-state index is 11.9. The molecule has 110 valence electrons. The van der Waals surface area contributed by atoms with Crippen LogP contribution >= 0.6 is 0 Å². The molecule has 0 aromatic carbocycles. The van der Waals surface area contributed by atoms with Gasteiger partial charge in [-0.25, -0.2) is 4.79 Å². The van der Waals surface area contributed by atoms with Gasteiger partial charge in [0, 0.05) is 20.1 Å². The number of aliphatic carboxylic acids is 1. The summed E-state index contributed by atoms with van der Waals surface area (Å²) in [7, 11) is 1.49. The average molecular weight is 273 g/mol. The van der Waals surface area contributed by atoms with E-state index in [4.69, 9.17) is 5.11 Å². The summed E-state index contributed by atoms with van der Waals surface area (Å²) < 4.78 is 0. The van der Waals surface area contributed by atoms with E-state index in [2.05, 4.69) is 10.6 Å². The lowest BCUT2D eigenvalue weighted by Gasteiger charge is -2.26. The van der Waals surface area contributed by atoms with Crippen molar-refractivity contribution < 1.29 is 19.5 Å². The normalized spacial score (nSPS) is 13.3. The van der Waals surface area contributed by atoms with Gasteiger partial charge in [0.25, 0.3) is 0 Å². The Balaban J connectivity index is 4.50.